The van der Waals surface area contributed by atoms with Crippen LogP contribution >= 0.6 is 0 Å². The summed E-state index contributed by atoms with van der Waals surface area (Å²) in [6, 6.07) is 16.1. The molecule has 3 rings (SSSR count). The lowest BCUT2D eigenvalue weighted by atomic mass is 10.1. The molecule has 5 nitrogen and oxygen atoms in total. The molecule has 1 heterocycles. The Labute approximate surface area is 140 Å². The van der Waals surface area contributed by atoms with Crippen LogP contribution in [0.15, 0.2) is 54.6 Å². The molecule has 2 N–H and O–H groups in total. The third-order valence-corrected chi connectivity index (χ3v) is 3.79. The highest BCUT2D eigenvalue weighted by Gasteiger charge is 2.14. The van der Waals surface area contributed by atoms with Crippen LogP contribution in [0.1, 0.15) is 25.5 Å². The van der Waals surface area contributed by atoms with Gasteiger partial charge >= 0.3 is 0 Å². The van der Waals surface area contributed by atoms with Gasteiger partial charge in [0.15, 0.2) is 0 Å². The maximum atomic E-state index is 11.1. The molecule has 3 aromatic rings. The smallest absolute Gasteiger partial charge is 0.267 e. The highest BCUT2D eigenvalue weighted by molar-refractivity contribution is 5.91. The number of amides is 1. The Morgan fingerprint density at radius 1 is 1.21 bits per heavy atom. The van der Waals surface area contributed by atoms with Gasteiger partial charge in [0, 0.05) is 17.7 Å². The van der Waals surface area contributed by atoms with E-state index in [1.165, 1.54) is 6.08 Å². The predicted octanol–water partition coefficient (Wildman–Crippen LogP) is 3.80. The lowest BCUT2D eigenvalue weighted by Crippen LogP contribution is -2.14. The van der Waals surface area contributed by atoms with E-state index in [1.807, 2.05) is 42.5 Å². The largest absolute Gasteiger partial charge is 0.321 e. The Balaban J connectivity index is 2.09. The van der Waals surface area contributed by atoms with E-state index in [4.69, 9.17) is 10.2 Å². The molecule has 0 aliphatic carbocycles. The molecular weight excluding hydrogens is 302 g/mol. The monoisotopic (exact) mass is 321 g/mol. The van der Waals surface area contributed by atoms with E-state index in [-0.39, 0.29) is 6.04 Å². The van der Waals surface area contributed by atoms with Crippen LogP contribution in [0, 0.1) is 0 Å². The summed E-state index contributed by atoms with van der Waals surface area (Å²) < 4.78 is 2.21. The summed E-state index contributed by atoms with van der Waals surface area (Å²) in [6.45, 7) is 4.26. The third kappa shape index (κ3) is 3.07. The van der Waals surface area contributed by atoms with Crippen molar-refractivity contribution >= 4 is 23.0 Å². The zero-order valence-corrected chi connectivity index (χ0v) is 13.6. The Morgan fingerprint density at radius 3 is 2.75 bits per heavy atom. The van der Waals surface area contributed by atoms with Crippen LogP contribution < -0.4 is 5.48 Å². The number of nitrogens with zero attached hydrogens (tertiary/aromatic N) is 2. The lowest BCUT2D eigenvalue weighted by molar-refractivity contribution is -0.124. The van der Waals surface area contributed by atoms with Crippen LogP contribution in [0.3, 0.4) is 0 Å². The topological polar surface area (TPSA) is 67.2 Å². The van der Waals surface area contributed by atoms with E-state index in [2.05, 4.69) is 24.5 Å². The second kappa shape index (κ2) is 6.68. The number of fused-ring (bicyclic) bond motifs is 1. The number of hydrogen-bond acceptors (Lipinski definition) is 3. The number of hydroxylamine groups is 1. The van der Waals surface area contributed by atoms with Gasteiger partial charge in [-0.1, -0.05) is 30.3 Å². The van der Waals surface area contributed by atoms with Crippen LogP contribution in [0.4, 0.5) is 0 Å². The van der Waals surface area contributed by atoms with Crippen LogP contribution in [0.25, 0.3) is 28.5 Å². The lowest BCUT2D eigenvalue weighted by Gasteiger charge is -2.13. The Hall–Kier alpha value is -2.92. The van der Waals surface area contributed by atoms with Crippen LogP contribution in [-0.4, -0.2) is 20.7 Å². The first kappa shape index (κ1) is 16.0. The van der Waals surface area contributed by atoms with E-state index < -0.39 is 5.91 Å². The van der Waals surface area contributed by atoms with Crippen molar-refractivity contribution in [2.75, 3.05) is 0 Å². The van der Waals surface area contributed by atoms with E-state index >= 15 is 0 Å². The summed E-state index contributed by atoms with van der Waals surface area (Å²) in [7, 11) is 0. The number of nitrogens with one attached hydrogen (secondary N) is 1. The van der Waals surface area contributed by atoms with E-state index in [0.29, 0.717) is 0 Å². The fourth-order valence-corrected chi connectivity index (χ4v) is 2.76. The standard InChI is InChI=1S/C19H19N3O2/c1-13(2)22-17-9-4-3-8-16(17)20-19(22)15-7-5-6-14(12-15)10-11-18(23)21-24/h3-13,24H,1-2H3,(H,21,23). The Kier molecular flexibility index (Phi) is 4.44. The van der Waals surface area contributed by atoms with Crippen molar-refractivity contribution in [3.05, 3.63) is 60.2 Å². The number of benzene rings is 2. The van der Waals surface area contributed by atoms with Crippen molar-refractivity contribution in [3.8, 4) is 11.4 Å². The second-order valence-electron chi connectivity index (χ2n) is 5.82. The van der Waals surface area contributed by atoms with Gasteiger partial charge in [0.25, 0.3) is 5.91 Å². The number of carbonyl (C=O) groups excluding carboxylic acids is 1. The minimum absolute atomic E-state index is 0.270. The van der Waals surface area contributed by atoms with Crippen LogP contribution in [0.2, 0.25) is 0 Å². The summed E-state index contributed by atoms with van der Waals surface area (Å²) in [5.74, 6) is 0.336. The molecule has 1 amide bonds. The third-order valence-electron chi connectivity index (χ3n) is 3.79. The molecule has 122 valence electrons. The maximum absolute atomic E-state index is 11.1. The molecular formula is C19H19N3O2. The molecule has 0 unspecified atom stereocenters. The number of rotatable bonds is 4. The molecule has 0 spiro atoms. The zero-order chi connectivity index (χ0) is 17.1. The van der Waals surface area contributed by atoms with Gasteiger partial charge in [-0.3, -0.25) is 10.0 Å². The van der Waals surface area contributed by atoms with Crippen molar-refractivity contribution in [2.45, 2.75) is 19.9 Å². The molecule has 0 saturated heterocycles. The van der Waals surface area contributed by atoms with Crippen molar-refractivity contribution < 1.29 is 10.0 Å². The minimum Gasteiger partial charge on any atom is -0.321 e. The van der Waals surface area contributed by atoms with Gasteiger partial charge < -0.3 is 4.57 Å². The summed E-state index contributed by atoms with van der Waals surface area (Å²) in [5, 5.41) is 8.56. The number of aromatic nitrogens is 2. The summed E-state index contributed by atoms with van der Waals surface area (Å²) in [5.41, 5.74) is 5.48. The van der Waals surface area contributed by atoms with Crippen LogP contribution in [-0.2, 0) is 4.79 Å². The molecule has 1 aromatic heterocycles. The van der Waals surface area contributed by atoms with Gasteiger partial charge in [-0.2, -0.15) is 0 Å². The quantitative estimate of drug-likeness (QED) is 0.436. The molecule has 0 fully saturated rings. The fourth-order valence-electron chi connectivity index (χ4n) is 2.76. The number of carbonyl (C=O) groups is 1. The van der Waals surface area contributed by atoms with Gasteiger partial charge in [-0.25, -0.2) is 10.5 Å². The first-order valence-corrected chi connectivity index (χ1v) is 7.79. The highest BCUT2D eigenvalue weighted by atomic mass is 16.5. The van der Waals surface area contributed by atoms with Crippen molar-refractivity contribution in [3.63, 3.8) is 0 Å². The predicted molar refractivity (Wildman–Crippen MR) is 94.5 cm³/mol. The van der Waals surface area contributed by atoms with Gasteiger partial charge in [0.1, 0.15) is 5.82 Å². The van der Waals surface area contributed by atoms with Gasteiger partial charge in [0.2, 0.25) is 0 Å². The number of imidazole rings is 1. The Bertz CT molecular complexity index is 910. The fraction of sp³-hybridized carbons (Fsp3) is 0.158. The van der Waals surface area contributed by atoms with Crippen molar-refractivity contribution in [1.82, 2.24) is 15.0 Å². The van der Waals surface area contributed by atoms with E-state index in [0.717, 1.165) is 28.0 Å². The SMILES string of the molecule is CC(C)n1c(-c2cccc(C=CC(=O)NO)c2)nc2ccccc21. The molecule has 24 heavy (non-hydrogen) atoms. The summed E-state index contributed by atoms with van der Waals surface area (Å²) in [4.78, 5) is 15.9. The van der Waals surface area contributed by atoms with Crippen molar-refractivity contribution in [2.24, 2.45) is 0 Å². The molecule has 0 saturated carbocycles. The summed E-state index contributed by atoms with van der Waals surface area (Å²) >= 11 is 0. The molecule has 2 aromatic carbocycles. The van der Waals surface area contributed by atoms with Gasteiger partial charge in [-0.15, -0.1) is 0 Å². The first-order chi connectivity index (χ1) is 11.6. The Morgan fingerprint density at radius 2 is 2.00 bits per heavy atom. The maximum Gasteiger partial charge on any atom is 0.267 e. The minimum atomic E-state index is -0.560. The second-order valence-corrected chi connectivity index (χ2v) is 5.82. The van der Waals surface area contributed by atoms with Crippen LogP contribution in [0.5, 0.6) is 0 Å². The van der Waals surface area contributed by atoms with E-state index in [9.17, 15) is 4.79 Å². The average molecular weight is 321 g/mol. The molecule has 0 radical (unpaired) electrons. The van der Waals surface area contributed by atoms with Gasteiger partial charge in [0.05, 0.1) is 11.0 Å². The normalized spacial score (nSPS) is 11.5. The number of para-hydroxylation sites is 2. The molecule has 0 aliphatic rings. The van der Waals surface area contributed by atoms with Gasteiger partial charge in [-0.05, 0) is 43.7 Å². The van der Waals surface area contributed by atoms with E-state index in [1.54, 1.807) is 11.6 Å². The molecule has 0 atom stereocenters. The highest BCUT2D eigenvalue weighted by Crippen LogP contribution is 2.28. The summed E-state index contributed by atoms with van der Waals surface area (Å²) in [6.07, 6.45) is 2.93. The first-order valence-electron chi connectivity index (χ1n) is 7.79. The molecule has 0 bridgehead atoms. The zero-order valence-electron chi connectivity index (χ0n) is 13.6. The molecule has 0 aliphatic heterocycles. The molecule has 5 heteroatoms. The number of hydrogen-bond donors (Lipinski definition) is 2. The average Bonchev–Trinajstić information content (AvgIpc) is 2.99. The van der Waals surface area contributed by atoms with Crippen molar-refractivity contribution in [1.29, 1.82) is 0 Å².